The van der Waals surface area contributed by atoms with Gasteiger partial charge in [-0.3, -0.25) is 9.59 Å². The second kappa shape index (κ2) is 6.55. The number of hydrogen-bond acceptors (Lipinski definition) is 2. The fourth-order valence-electron chi connectivity index (χ4n) is 2.50. The highest BCUT2D eigenvalue weighted by Crippen LogP contribution is 2.19. The Labute approximate surface area is 119 Å². The van der Waals surface area contributed by atoms with Crippen LogP contribution < -0.4 is 0 Å². The number of carbonyl (C=O) groups is 2. The number of carboxylic acid groups (broad SMARTS) is 1. The van der Waals surface area contributed by atoms with Gasteiger partial charge in [0.1, 0.15) is 0 Å². The molecule has 0 aliphatic carbocycles. The van der Waals surface area contributed by atoms with Gasteiger partial charge in [-0.15, -0.1) is 0 Å². The monoisotopic (exact) mass is 275 g/mol. The Morgan fingerprint density at radius 1 is 1.25 bits per heavy atom. The summed E-state index contributed by atoms with van der Waals surface area (Å²) in [5, 5.41) is 8.74. The van der Waals surface area contributed by atoms with Crippen molar-refractivity contribution in [1.29, 1.82) is 0 Å². The highest BCUT2D eigenvalue weighted by molar-refractivity contribution is 5.76. The first kappa shape index (κ1) is 14.6. The van der Waals surface area contributed by atoms with E-state index in [0.717, 1.165) is 30.5 Å². The molecule has 1 amide bonds. The molecule has 20 heavy (non-hydrogen) atoms. The number of nitrogens with zero attached hydrogens (tertiary/aromatic N) is 1. The van der Waals surface area contributed by atoms with E-state index in [0.29, 0.717) is 18.9 Å². The van der Waals surface area contributed by atoms with Crippen LogP contribution in [0, 0.1) is 5.92 Å². The Hall–Kier alpha value is -1.84. The smallest absolute Gasteiger partial charge is 0.307 e. The zero-order chi connectivity index (χ0) is 14.5. The first-order valence-corrected chi connectivity index (χ1v) is 7.12. The van der Waals surface area contributed by atoms with E-state index in [4.69, 9.17) is 5.11 Å². The molecule has 1 N–H and O–H groups in total. The molecule has 4 heteroatoms. The van der Waals surface area contributed by atoms with E-state index in [1.54, 1.807) is 0 Å². The minimum Gasteiger partial charge on any atom is -0.481 e. The second-order valence-electron chi connectivity index (χ2n) is 5.63. The molecule has 4 nitrogen and oxygen atoms in total. The summed E-state index contributed by atoms with van der Waals surface area (Å²) < 4.78 is 0. The van der Waals surface area contributed by atoms with E-state index < -0.39 is 5.97 Å². The standard InChI is InChI=1S/C16H21NO3/c1-12-2-7-15(18)17(9-8-12)11-14-5-3-13(4-6-14)10-16(19)20/h3-6,12H,2,7-11H2,1H3,(H,19,20). The summed E-state index contributed by atoms with van der Waals surface area (Å²) in [6, 6.07) is 7.49. The zero-order valence-corrected chi connectivity index (χ0v) is 11.8. The Kier molecular flexibility index (Phi) is 4.77. The van der Waals surface area contributed by atoms with Crippen LogP contribution in [0.2, 0.25) is 0 Å². The van der Waals surface area contributed by atoms with Gasteiger partial charge >= 0.3 is 5.97 Å². The number of likely N-dealkylation sites (tertiary alicyclic amines) is 1. The van der Waals surface area contributed by atoms with Crippen molar-refractivity contribution < 1.29 is 14.7 Å². The Bertz CT molecular complexity index is 481. The molecule has 0 radical (unpaired) electrons. The SMILES string of the molecule is CC1CCC(=O)N(Cc2ccc(CC(=O)O)cc2)CC1. The summed E-state index contributed by atoms with van der Waals surface area (Å²) in [5.74, 6) is 0.0142. The van der Waals surface area contributed by atoms with Crippen molar-refractivity contribution >= 4 is 11.9 Å². The largest absolute Gasteiger partial charge is 0.481 e. The topological polar surface area (TPSA) is 57.6 Å². The molecule has 108 valence electrons. The third-order valence-corrected chi connectivity index (χ3v) is 3.85. The number of rotatable bonds is 4. The van der Waals surface area contributed by atoms with Crippen LogP contribution in [0.3, 0.4) is 0 Å². The number of carbonyl (C=O) groups excluding carboxylic acids is 1. The van der Waals surface area contributed by atoms with Crippen molar-refractivity contribution in [3.63, 3.8) is 0 Å². The Balaban J connectivity index is 1.98. The van der Waals surface area contributed by atoms with E-state index in [1.165, 1.54) is 0 Å². The molecule has 1 saturated heterocycles. The lowest BCUT2D eigenvalue weighted by atomic mass is 10.0. The Morgan fingerprint density at radius 3 is 2.55 bits per heavy atom. The van der Waals surface area contributed by atoms with Crippen LogP contribution in [0.15, 0.2) is 24.3 Å². The van der Waals surface area contributed by atoms with Gasteiger partial charge in [0.05, 0.1) is 6.42 Å². The van der Waals surface area contributed by atoms with Gasteiger partial charge in [0, 0.05) is 19.5 Å². The van der Waals surface area contributed by atoms with E-state index in [-0.39, 0.29) is 12.3 Å². The molecule has 0 saturated carbocycles. The van der Waals surface area contributed by atoms with E-state index >= 15 is 0 Å². The minimum atomic E-state index is -0.825. The van der Waals surface area contributed by atoms with Gasteiger partial charge in [-0.25, -0.2) is 0 Å². The molecule has 1 aromatic rings. The van der Waals surface area contributed by atoms with E-state index in [1.807, 2.05) is 29.2 Å². The van der Waals surface area contributed by atoms with Crippen LogP contribution in [0.1, 0.15) is 37.3 Å². The first-order valence-electron chi connectivity index (χ1n) is 7.12. The second-order valence-corrected chi connectivity index (χ2v) is 5.63. The summed E-state index contributed by atoms with van der Waals surface area (Å²) in [7, 11) is 0. The molecule has 1 heterocycles. The average molecular weight is 275 g/mol. The molecule has 0 spiro atoms. The molecule has 1 fully saturated rings. The van der Waals surface area contributed by atoms with Crippen molar-refractivity contribution in [3.05, 3.63) is 35.4 Å². The predicted molar refractivity (Wildman–Crippen MR) is 76.2 cm³/mol. The summed E-state index contributed by atoms with van der Waals surface area (Å²) in [6.07, 6.45) is 2.72. The van der Waals surface area contributed by atoms with Gasteiger partial charge in [-0.05, 0) is 29.9 Å². The molecule has 1 aromatic carbocycles. The van der Waals surface area contributed by atoms with Crippen LogP contribution in [0.5, 0.6) is 0 Å². The van der Waals surface area contributed by atoms with Gasteiger partial charge < -0.3 is 10.0 Å². The van der Waals surface area contributed by atoms with Gasteiger partial charge in [0.2, 0.25) is 5.91 Å². The molecule has 2 rings (SSSR count). The van der Waals surface area contributed by atoms with Crippen molar-refractivity contribution in [2.75, 3.05) is 6.54 Å². The maximum absolute atomic E-state index is 12.0. The van der Waals surface area contributed by atoms with Crippen LogP contribution in [-0.4, -0.2) is 28.4 Å². The first-order chi connectivity index (χ1) is 9.54. The minimum absolute atomic E-state index is 0.0421. The van der Waals surface area contributed by atoms with Crippen LogP contribution in [0.25, 0.3) is 0 Å². The molecule has 0 aromatic heterocycles. The third-order valence-electron chi connectivity index (χ3n) is 3.85. The highest BCUT2D eigenvalue weighted by Gasteiger charge is 2.20. The lowest BCUT2D eigenvalue weighted by Crippen LogP contribution is -2.29. The number of aliphatic carboxylic acids is 1. The fourth-order valence-corrected chi connectivity index (χ4v) is 2.50. The zero-order valence-electron chi connectivity index (χ0n) is 11.8. The maximum atomic E-state index is 12.0. The highest BCUT2D eigenvalue weighted by atomic mass is 16.4. The Morgan fingerprint density at radius 2 is 1.90 bits per heavy atom. The van der Waals surface area contributed by atoms with Gasteiger partial charge in [-0.2, -0.15) is 0 Å². The number of carboxylic acids is 1. The average Bonchev–Trinajstić information content (AvgIpc) is 2.56. The number of amides is 1. The molecule has 0 bridgehead atoms. The number of hydrogen-bond donors (Lipinski definition) is 1. The molecular weight excluding hydrogens is 254 g/mol. The quantitative estimate of drug-likeness (QED) is 0.918. The fraction of sp³-hybridized carbons (Fsp3) is 0.500. The van der Waals surface area contributed by atoms with Gasteiger partial charge in [0.25, 0.3) is 0 Å². The maximum Gasteiger partial charge on any atom is 0.307 e. The predicted octanol–water partition coefficient (Wildman–Crippen LogP) is 2.46. The lowest BCUT2D eigenvalue weighted by molar-refractivity contribution is -0.136. The molecule has 1 unspecified atom stereocenters. The summed E-state index contributed by atoms with van der Waals surface area (Å²) in [4.78, 5) is 24.6. The van der Waals surface area contributed by atoms with Crippen LogP contribution >= 0.6 is 0 Å². The molecule has 1 aliphatic heterocycles. The van der Waals surface area contributed by atoms with Gasteiger partial charge in [0.15, 0.2) is 0 Å². The van der Waals surface area contributed by atoms with Crippen LogP contribution in [0.4, 0.5) is 0 Å². The number of benzene rings is 1. The van der Waals surface area contributed by atoms with Crippen molar-refractivity contribution in [3.8, 4) is 0 Å². The van der Waals surface area contributed by atoms with Crippen molar-refractivity contribution in [2.45, 2.75) is 39.2 Å². The van der Waals surface area contributed by atoms with Crippen molar-refractivity contribution in [1.82, 2.24) is 4.90 Å². The summed E-state index contributed by atoms with van der Waals surface area (Å²) in [6.45, 7) is 3.63. The lowest BCUT2D eigenvalue weighted by Gasteiger charge is -2.20. The molecule has 1 atom stereocenters. The van der Waals surface area contributed by atoms with Gasteiger partial charge in [-0.1, -0.05) is 31.2 Å². The summed E-state index contributed by atoms with van der Waals surface area (Å²) in [5.41, 5.74) is 1.85. The normalized spacial score (nSPS) is 19.8. The van der Waals surface area contributed by atoms with Crippen LogP contribution in [-0.2, 0) is 22.6 Å². The molecule has 1 aliphatic rings. The third kappa shape index (κ3) is 4.08. The molecular formula is C16H21NO3. The van der Waals surface area contributed by atoms with E-state index in [2.05, 4.69) is 6.92 Å². The summed E-state index contributed by atoms with van der Waals surface area (Å²) >= 11 is 0. The van der Waals surface area contributed by atoms with E-state index in [9.17, 15) is 9.59 Å². The van der Waals surface area contributed by atoms with Crippen molar-refractivity contribution in [2.24, 2.45) is 5.92 Å².